The third kappa shape index (κ3) is 4.91. The molecule has 0 aromatic heterocycles. The van der Waals surface area contributed by atoms with Crippen LogP contribution in [0.25, 0.3) is 0 Å². The number of hydrogen-bond donors (Lipinski definition) is 0. The Morgan fingerprint density at radius 2 is 1.61 bits per heavy atom. The van der Waals surface area contributed by atoms with Crippen molar-refractivity contribution in [3.63, 3.8) is 0 Å². The summed E-state index contributed by atoms with van der Waals surface area (Å²) in [6, 6.07) is 23.5. The highest BCUT2D eigenvalue weighted by molar-refractivity contribution is 6.30. The third-order valence-corrected chi connectivity index (χ3v) is 5.89. The maximum Gasteiger partial charge on any atom is 0.261 e. The molecule has 2 atom stereocenters. The standard InChI is InChI=1S/C26H23ClN2O4/c1-18(19-8-4-2-5-9-19)28(25(31)17-33-22-10-6-3-7-11-22)23-16-24(30)29(26(23)32)21-14-12-20(27)13-15-21/h2-15,18,23H,16-17H2,1H3. The lowest BCUT2D eigenvalue weighted by atomic mass is 10.0. The van der Waals surface area contributed by atoms with E-state index in [1.54, 1.807) is 36.4 Å². The molecule has 0 bridgehead atoms. The molecule has 0 saturated carbocycles. The van der Waals surface area contributed by atoms with Crippen molar-refractivity contribution in [2.75, 3.05) is 11.5 Å². The molecule has 1 fully saturated rings. The van der Waals surface area contributed by atoms with Gasteiger partial charge in [0.15, 0.2) is 6.61 Å². The monoisotopic (exact) mass is 462 g/mol. The minimum Gasteiger partial charge on any atom is -0.484 e. The van der Waals surface area contributed by atoms with Gasteiger partial charge in [0.05, 0.1) is 18.2 Å². The van der Waals surface area contributed by atoms with Gasteiger partial charge in [0.1, 0.15) is 11.8 Å². The van der Waals surface area contributed by atoms with E-state index in [2.05, 4.69) is 0 Å². The van der Waals surface area contributed by atoms with Gasteiger partial charge in [0, 0.05) is 5.02 Å². The summed E-state index contributed by atoms with van der Waals surface area (Å²) in [5, 5.41) is 0.502. The molecule has 168 valence electrons. The van der Waals surface area contributed by atoms with Crippen LogP contribution >= 0.6 is 11.6 Å². The number of ether oxygens (including phenoxy) is 1. The Balaban J connectivity index is 1.62. The van der Waals surface area contributed by atoms with Crippen molar-refractivity contribution in [3.05, 3.63) is 95.5 Å². The van der Waals surface area contributed by atoms with E-state index >= 15 is 0 Å². The number of nitrogens with zero attached hydrogens (tertiary/aromatic N) is 2. The minimum absolute atomic E-state index is 0.101. The number of halogens is 1. The molecule has 33 heavy (non-hydrogen) atoms. The highest BCUT2D eigenvalue weighted by Gasteiger charge is 2.46. The van der Waals surface area contributed by atoms with Gasteiger partial charge in [-0.2, -0.15) is 0 Å². The number of carbonyl (C=O) groups excluding carboxylic acids is 3. The molecule has 2 unspecified atom stereocenters. The Kier molecular flexibility index (Phi) is 6.75. The normalized spacial score (nSPS) is 16.5. The van der Waals surface area contributed by atoms with Crippen molar-refractivity contribution >= 4 is 35.0 Å². The molecule has 4 rings (SSSR count). The number of amides is 3. The zero-order valence-corrected chi connectivity index (χ0v) is 18.8. The van der Waals surface area contributed by atoms with Crippen molar-refractivity contribution < 1.29 is 19.1 Å². The molecule has 0 N–H and O–H groups in total. The molecule has 1 saturated heterocycles. The predicted octanol–water partition coefficient (Wildman–Crippen LogP) is 4.64. The van der Waals surface area contributed by atoms with Crippen LogP contribution in [-0.4, -0.2) is 35.3 Å². The van der Waals surface area contributed by atoms with Crippen molar-refractivity contribution in [1.82, 2.24) is 4.90 Å². The summed E-state index contributed by atoms with van der Waals surface area (Å²) in [7, 11) is 0. The lowest BCUT2D eigenvalue weighted by Gasteiger charge is -2.33. The fourth-order valence-electron chi connectivity index (χ4n) is 3.98. The van der Waals surface area contributed by atoms with Crippen LogP contribution in [0, 0.1) is 0 Å². The van der Waals surface area contributed by atoms with Gasteiger partial charge in [-0.3, -0.25) is 14.4 Å². The van der Waals surface area contributed by atoms with Gasteiger partial charge < -0.3 is 9.64 Å². The van der Waals surface area contributed by atoms with Gasteiger partial charge in [0.2, 0.25) is 5.91 Å². The Hall–Kier alpha value is -3.64. The Morgan fingerprint density at radius 3 is 2.24 bits per heavy atom. The van der Waals surface area contributed by atoms with Crippen LogP contribution in [0.4, 0.5) is 5.69 Å². The molecule has 3 aromatic rings. The van der Waals surface area contributed by atoms with Gasteiger partial charge in [0.25, 0.3) is 11.8 Å². The molecule has 0 aliphatic carbocycles. The SMILES string of the molecule is CC(c1ccccc1)N(C(=O)COc1ccccc1)C1CC(=O)N(c2ccc(Cl)cc2)C1=O. The average Bonchev–Trinajstić information content (AvgIpc) is 3.13. The van der Waals surface area contributed by atoms with E-state index in [1.807, 2.05) is 55.5 Å². The first kappa shape index (κ1) is 22.6. The van der Waals surface area contributed by atoms with Crippen molar-refractivity contribution in [2.24, 2.45) is 0 Å². The molecular weight excluding hydrogens is 440 g/mol. The number of imide groups is 1. The van der Waals surface area contributed by atoms with E-state index in [-0.39, 0.29) is 24.8 Å². The molecule has 6 nitrogen and oxygen atoms in total. The summed E-state index contributed by atoms with van der Waals surface area (Å²) in [6.45, 7) is 1.60. The van der Waals surface area contributed by atoms with Crippen LogP contribution in [0.5, 0.6) is 5.75 Å². The van der Waals surface area contributed by atoms with E-state index in [9.17, 15) is 14.4 Å². The summed E-state index contributed by atoms with van der Waals surface area (Å²) in [5.41, 5.74) is 1.29. The predicted molar refractivity (Wildman–Crippen MR) is 126 cm³/mol. The Bertz CT molecular complexity index is 1140. The zero-order valence-electron chi connectivity index (χ0n) is 18.1. The second-order valence-electron chi connectivity index (χ2n) is 7.75. The summed E-state index contributed by atoms with van der Waals surface area (Å²) >= 11 is 5.95. The quantitative estimate of drug-likeness (QED) is 0.480. The number of para-hydroxylation sites is 1. The summed E-state index contributed by atoms with van der Waals surface area (Å²) in [4.78, 5) is 42.2. The lowest BCUT2D eigenvalue weighted by molar-refractivity contribution is -0.142. The van der Waals surface area contributed by atoms with E-state index in [1.165, 1.54) is 4.90 Å². The molecule has 7 heteroatoms. The maximum atomic E-state index is 13.4. The molecule has 1 heterocycles. The van der Waals surface area contributed by atoms with Crippen molar-refractivity contribution in [3.8, 4) is 5.75 Å². The van der Waals surface area contributed by atoms with Gasteiger partial charge in [-0.15, -0.1) is 0 Å². The van der Waals surface area contributed by atoms with Gasteiger partial charge in [-0.1, -0.05) is 60.1 Å². The Labute approximate surface area is 197 Å². The average molecular weight is 463 g/mol. The van der Waals surface area contributed by atoms with Gasteiger partial charge in [-0.05, 0) is 48.9 Å². The van der Waals surface area contributed by atoms with Crippen LogP contribution in [-0.2, 0) is 14.4 Å². The minimum atomic E-state index is -0.935. The second kappa shape index (κ2) is 9.88. The van der Waals surface area contributed by atoms with E-state index < -0.39 is 18.0 Å². The van der Waals surface area contributed by atoms with Crippen LogP contribution in [0.15, 0.2) is 84.9 Å². The number of carbonyl (C=O) groups is 3. The van der Waals surface area contributed by atoms with Crippen molar-refractivity contribution in [2.45, 2.75) is 25.4 Å². The van der Waals surface area contributed by atoms with Crippen LogP contribution in [0.2, 0.25) is 5.02 Å². The van der Waals surface area contributed by atoms with E-state index in [0.29, 0.717) is 16.5 Å². The molecule has 1 aliphatic heterocycles. The summed E-state index contributed by atoms with van der Waals surface area (Å²) in [6.07, 6.45) is -0.101. The van der Waals surface area contributed by atoms with E-state index in [4.69, 9.17) is 16.3 Å². The number of anilines is 1. The fourth-order valence-corrected chi connectivity index (χ4v) is 4.11. The van der Waals surface area contributed by atoms with Crippen molar-refractivity contribution in [1.29, 1.82) is 0 Å². The third-order valence-electron chi connectivity index (χ3n) is 5.64. The van der Waals surface area contributed by atoms with E-state index in [0.717, 1.165) is 10.5 Å². The number of hydrogen-bond acceptors (Lipinski definition) is 4. The zero-order chi connectivity index (χ0) is 23.4. The highest BCUT2D eigenvalue weighted by Crippen LogP contribution is 2.32. The Morgan fingerprint density at radius 1 is 1.00 bits per heavy atom. The maximum absolute atomic E-state index is 13.4. The molecule has 1 aliphatic rings. The summed E-state index contributed by atoms with van der Waals surface area (Å²) < 4.78 is 5.67. The van der Waals surface area contributed by atoms with Crippen LogP contribution in [0.1, 0.15) is 24.9 Å². The van der Waals surface area contributed by atoms with Gasteiger partial charge in [-0.25, -0.2) is 4.90 Å². The lowest BCUT2D eigenvalue weighted by Crippen LogP contribution is -2.48. The first-order chi connectivity index (χ1) is 16.0. The summed E-state index contributed by atoms with van der Waals surface area (Å²) in [5.74, 6) is -0.637. The molecule has 0 spiro atoms. The molecule has 3 aromatic carbocycles. The molecule has 0 radical (unpaired) electrons. The fraction of sp³-hybridized carbons (Fsp3) is 0.192. The molecular formula is C26H23ClN2O4. The second-order valence-corrected chi connectivity index (χ2v) is 8.19. The number of benzene rings is 3. The molecule has 3 amide bonds. The smallest absolute Gasteiger partial charge is 0.261 e. The largest absolute Gasteiger partial charge is 0.484 e. The number of rotatable bonds is 7. The topological polar surface area (TPSA) is 66.9 Å². The first-order valence-corrected chi connectivity index (χ1v) is 11.0. The van der Waals surface area contributed by atoms with Gasteiger partial charge >= 0.3 is 0 Å². The first-order valence-electron chi connectivity index (χ1n) is 10.6. The van der Waals surface area contributed by atoms with Crippen LogP contribution < -0.4 is 9.64 Å². The van der Waals surface area contributed by atoms with Crippen LogP contribution in [0.3, 0.4) is 0 Å². The highest BCUT2D eigenvalue weighted by atomic mass is 35.5.